The van der Waals surface area contributed by atoms with Crippen molar-refractivity contribution in [3.8, 4) is 5.75 Å². The zero-order valence-electron chi connectivity index (χ0n) is 9.43. The lowest BCUT2D eigenvalue weighted by molar-refractivity contribution is 0.414. The number of amidine groups is 1. The second-order valence-electron chi connectivity index (χ2n) is 3.56. The molecule has 0 aliphatic rings. The van der Waals surface area contributed by atoms with Crippen molar-refractivity contribution in [3.63, 3.8) is 0 Å². The first-order valence-electron chi connectivity index (χ1n) is 5.11. The van der Waals surface area contributed by atoms with Gasteiger partial charge in [-0.1, -0.05) is 12.1 Å². The highest BCUT2D eigenvalue weighted by molar-refractivity contribution is 7.13. The Bertz CT molecular complexity index is 519. The number of hydrogen-bond donors (Lipinski definition) is 2. The van der Waals surface area contributed by atoms with Gasteiger partial charge in [-0.25, -0.2) is 4.98 Å². The molecule has 2 aromatic rings. The van der Waals surface area contributed by atoms with Gasteiger partial charge in [-0.15, -0.1) is 11.3 Å². The highest BCUT2D eigenvalue weighted by atomic mass is 32.1. The smallest absolute Gasteiger partial charge is 0.134 e. The number of thiazole rings is 1. The maximum atomic E-state index is 7.31. The van der Waals surface area contributed by atoms with Gasteiger partial charge >= 0.3 is 0 Å². The van der Waals surface area contributed by atoms with Crippen LogP contribution in [0.1, 0.15) is 15.4 Å². The molecule has 0 radical (unpaired) electrons. The summed E-state index contributed by atoms with van der Waals surface area (Å²) in [7, 11) is 1.65. The second kappa shape index (κ2) is 4.97. The minimum absolute atomic E-state index is 0.0727. The lowest BCUT2D eigenvalue weighted by Crippen LogP contribution is -2.08. The predicted molar refractivity (Wildman–Crippen MR) is 68.9 cm³/mol. The molecule has 0 unspecified atom stereocenters. The predicted octanol–water partition coefficient (Wildman–Crippen LogP) is 2.03. The lowest BCUT2D eigenvalue weighted by atomic mass is 10.1. The molecule has 0 spiro atoms. The summed E-state index contributed by atoms with van der Waals surface area (Å²) in [5.41, 5.74) is 6.56. The van der Waals surface area contributed by atoms with E-state index in [-0.39, 0.29) is 5.84 Å². The van der Waals surface area contributed by atoms with Gasteiger partial charge in [0.05, 0.1) is 17.0 Å². The van der Waals surface area contributed by atoms with Gasteiger partial charge in [0.1, 0.15) is 11.6 Å². The van der Waals surface area contributed by atoms with Gasteiger partial charge in [0.2, 0.25) is 0 Å². The minimum atomic E-state index is 0.0727. The normalized spacial score (nSPS) is 10.2. The van der Waals surface area contributed by atoms with Crippen LogP contribution in [0, 0.1) is 5.41 Å². The molecule has 17 heavy (non-hydrogen) atoms. The third-order valence-electron chi connectivity index (χ3n) is 2.33. The van der Waals surface area contributed by atoms with Crippen molar-refractivity contribution in [2.45, 2.75) is 6.42 Å². The largest absolute Gasteiger partial charge is 0.497 e. The summed E-state index contributed by atoms with van der Waals surface area (Å²) in [4.78, 5) is 4.96. The maximum absolute atomic E-state index is 7.31. The first kappa shape index (κ1) is 11.6. The molecule has 0 aliphatic heterocycles. The van der Waals surface area contributed by atoms with E-state index in [2.05, 4.69) is 4.98 Å². The van der Waals surface area contributed by atoms with Gasteiger partial charge in [-0.3, -0.25) is 5.41 Å². The molecule has 3 N–H and O–H groups in total. The molecule has 0 saturated carbocycles. The van der Waals surface area contributed by atoms with Crippen molar-refractivity contribution >= 4 is 17.2 Å². The van der Waals surface area contributed by atoms with E-state index in [4.69, 9.17) is 15.9 Å². The van der Waals surface area contributed by atoms with Crippen LogP contribution in [0.2, 0.25) is 0 Å². The number of nitrogen functional groups attached to an aromatic ring is 1. The summed E-state index contributed by atoms with van der Waals surface area (Å²) in [6, 6.07) is 7.87. The summed E-state index contributed by atoms with van der Waals surface area (Å²) in [6.45, 7) is 0. The number of nitrogens with one attached hydrogen (secondary N) is 1. The molecule has 2 rings (SSSR count). The van der Waals surface area contributed by atoms with Crippen molar-refractivity contribution in [3.05, 3.63) is 45.9 Å². The molecular weight excluding hydrogens is 234 g/mol. The van der Waals surface area contributed by atoms with Gasteiger partial charge < -0.3 is 10.5 Å². The Labute approximate surface area is 104 Å². The monoisotopic (exact) mass is 247 g/mol. The van der Waals surface area contributed by atoms with E-state index in [1.54, 1.807) is 13.3 Å². The number of ether oxygens (including phenoxy) is 1. The summed E-state index contributed by atoms with van der Waals surface area (Å²) < 4.78 is 5.10. The molecule has 0 bridgehead atoms. The van der Waals surface area contributed by atoms with Crippen LogP contribution in [0.25, 0.3) is 0 Å². The van der Waals surface area contributed by atoms with Gasteiger partial charge in [0.15, 0.2) is 0 Å². The Morgan fingerprint density at radius 2 is 2.12 bits per heavy atom. The molecule has 0 amide bonds. The van der Waals surface area contributed by atoms with Crippen LogP contribution < -0.4 is 10.5 Å². The first-order valence-corrected chi connectivity index (χ1v) is 5.92. The minimum Gasteiger partial charge on any atom is -0.497 e. The van der Waals surface area contributed by atoms with E-state index in [9.17, 15) is 0 Å². The zero-order chi connectivity index (χ0) is 12.3. The fourth-order valence-corrected chi connectivity index (χ4v) is 2.25. The number of methoxy groups -OCH3 is 1. The number of hydrogen-bond acceptors (Lipinski definition) is 4. The molecule has 4 nitrogen and oxygen atoms in total. The standard InChI is InChI=1S/C12H13N3OS/c1-16-9-4-2-8(3-5-9)6-11-15-7-10(17-11)12(13)14/h2-5,7H,6H2,1H3,(H3,13,14). The average molecular weight is 247 g/mol. The van der Waals surface area contributed by atoms with E-state index in [1.807, 2.05) is 24.3 Å². The summed E-state index contributed by atoms with van der Waals surface area (Å²) in [5.74, 6) is 0.917. The summed E-state index contributed by atoms with van der Waals surface area (Å²) in [6.07, 6.45) is 2.40. The molecular formula is C12H13N3OS. The van der Waals surface area contributed by atoms with Gasteiger partial charge in [-0.2, -0.15) is 0 Å². The highest BCUT2D eigenvalue weighted by Crippen LogP contribution is 2.18. The van der Waals surface area contributed by atoms with E-state index >= 15 is 0 Å². The number of rotatable bonds is 4. The molecule has 5 heteroatoms. The Morgan fingerprint density at radius 3 is 2.65 bits per heavy atom. The van der Waals surface area contributed by atoms with Crippen LogP contribution in [0.15, 0.2) is 30.5 Å². The van der Waals surface area contributed by atoms with Crippen molar-refractivity contribution in [1.82, 2.24) is 4.98 Å². The first-order chi connectivity index (χ1) is 8.19. The topological polar surface area (TPSA) is 72.0 Å². The van der Waals surface area contributed by atoms with Crippen molar-refractivity contribution in [2.75, 3.05) is 7.11 Å². The number of aromatic nitrogens is 1. The number of nitrogens with two attached hydrogens (primary N) is 1. The molecule has 1 aromatic carbocycles. The molecule has 1 heterocycles. The van der Waals surface area contributed by atoms with E-state index in [0.717, 1.165) is 22.7 Å². The van der Waals surface area contributed by atoms with Crippen LogP contribution in [0.4, 0.5) is 0 Å². The third-order valence-corrected chi connectivity index (χ3v) is 3.36. The zero-order valence-corrected chi connectivity index (χ0v) is 10.3. The number of nitrogens with zero attached hydrogens (tertiary/aromatic N) is 1. The fourth-order valence-electron chi connectivity index (χ4n) is 1.43. The molecule has 0 saturated heterocycles. The van der Waals surface area contributed by atoms with Gasteiger partial charge in [0.25, 0.3) is 0 Å². The van der Waals surface area contributed by atoms with Crippen LogP contribution in [0.5, 0.6) is 5.75 Å². The lowest BCUT2D eigenvalue weighted by Gasteiger charge is -2.01. The Hall–Kier alpha value is -1.88. The van der Waals surface area contributed by atoms with E-state index in [0.29, 0.717) is 4.88 Å². The van der Waals surface area contributed by atoms with Crippen LogP contribution >= 0.6 is 11.3 Å². The van der Waals surface area contributed by atoms with Crippen LogP contribution in [-0.4, -0.2) is 17.9 Å². The van der Waals surface area contributed by atoms with Crippen molar-refractivity contribution in [2.24, 2.45) is 5.73 Å². The van der Waals surface area contributed by atoms with Crippen molar-refractivity contribution in [1.29, 1.82) is 5.41 Å². The molecule has 88 valence electrons. The van der Waals surface area contributed by atoms with Crippen LogP contribution in [-0.2, 0) is 6.42 Å². The Balaban J connectivity index is 2.11. The molecule has 0 fully saturated rings. The maximum Gasteiger partial charge on any atom is 0.134 e. The Morgan fingerprint density at radius 1 is 1.41 bits per heavy atom. The summed E-state index contributed by atoms with van der Waals surface area (Å²) >= 11 is 1.45. The SMILES string of the molecule is COc1ccc(Cc2ncc(C(=N)N)s2)cc1. The second-order valence-corrected chi connectivity index (χ2v) is 4.67. The summed E-state index contributed by atoms with van der Waals surface area (Å²) in [5, 5.41) is 8.27. The Kier molecular flexibility index (Phi) is 3.39. The van der Waals surface area contributed by atoms with E-state index < -0.39 is 0 Å². The van der Waals surface area contributed by atoms with Crippen molar-refractivity contribution < 1.29 is 4.74 Å². The van der Waals surface area contributed by atoms with E-state index in [1.165, 1.54) is 11.3 Å². The molecule has 0 atom stereocenters. The average Bonchev–Trinajstić information content (AvgIpc) is 2.79. The fraction of sp³-hybridized carbons (Fsp3) is 0.167. The van der Waals surface area contributed by atoms with Gasteiger partial charge in [-0.05, 0) is 17.7 Å². The number of benzene rings is 1. The van der Waals surface area contributed by atoms with Gasteiger partial charge in [0, 0.05) is 12.6 Å². The third kappa shape index (κ3) is 2.82. The molecule has 1 aromatic heterocycles. The quantitative estimate of drug-likeness (QED) is 0.641. The molecule has 0 aliphatic carbocycles. The highest BCUT2D eigenvalue weighted by Gasteiger charge is 2.05. The van der Waals surface area contributed by atoms with Crippen LogP contribution in [0.3, 0.4) is 0 Å².